The monoisotopic (exact) mass is 1780 g/mol. The minimum atomic E-state index is 0.974. The molecule has 0 spiro atoms. The van der Waals surface area contributed by atoms with Gasteiger partial charge in [0.05, 0.1) is 39.1 Å². The van der Waals surface area contributed by atoms with Crippen LogP contribution in [0.2, 0.25) is 0 Å². The van der Waals surface area contributed by atoms with Gasteiger partial charge in [-0.15, -0.1) is 11.3 Å². The number of hydrogen-bond donors (Lipinski definition) is 0. The molecule has 0 aliphatic heterocycles. The van der Waals surface area contributed by atoms with Crippen molar-refractivity contribution in [1.82, 2.24) is 24.1 Å². The molecule has 0 saturated heterocycles. The lowest BCUT2D eigenvalue weighted by Crippen LogP contribution is -1.96. The third kappa shape index (κ3) is 14.3. The summed E-state index contributed by atoms with van der Waals surface area (Å²) in [5, 5.41) is 25.0. The number of benzene rings is 22. The predicted molar refractivity (Wildman–Crippen MR) is 591 cm³/mol. The standard InChI is InChI=1S/C47H29NS.2C43H28N2/c1-2-11-33(12-3-1)45-37-14-6-8-16-39(37)46(40-17-9-7-15-38(40)45)42-25-22-35(29-48-42)31-20-18-30(19-21-31)34-24-26-43-41(28-34)47-36-13-5-4-10-32(36)23-27-44(47)49-43;1-3-14-29(15-4-1)41-34-19-7-9-21-36(34)42(37-22-10-8-20-35(37)41)39-27-26-30(28-44-39)32-23-13-24-38-33-18-11-12-25-40(33)45(43(32)38)31-16-5-2-6-17-31;1-3-13-29(14-4-1)42-35-18-7-9-20-37(35)43(38-21-10-8-19-36(38)42)39-26-24-31(28-44-39)30-23-25-34-33-17-11-12-22-40(33)45(41(34)27-30)32-15-5-2-6-16-32/h1-29H;2*1-28H. The van der Waals surface area contributed by atoms with Crippen molar-refractivity contribution < 1.29 is 0 Å². The van der Waals surface area contributed by atoms with Crippen LogP contribution in [0.4, 0.5) is 0 Å². The maximum atomic E-state index is 5.18. The van der Waals surface area contributed by atoms with Gasteiger partial charge in [-0.25, -0.2) is 0 Å². The topological polar surface area (TPSA) is 48.5 Å². The summed E-state index contributed by atoms with van der Waals surface area (Å²) in [7, 11) is 0. The van der Waals surface area contributed by atoms with E-state index in [9.17, 15) is 0 Å². The highest BCUT2D eigenvalue weighted by atomic mass is 32.1. The number of hydrogen-bond acceptors (Lipinski definition) is 4. The van der Waals surface area contributed by atoms with Crippen LogP contribution in [0, 0.1) is 0 Å². The highest BCUT2D eigenvalue weighted by molar-refractivity contribution is 7.26. The molecule has 5 nitrogen and oxygen atoms in total. The highest BCUT2D eigenvalue weighted by Crippen LogP contribution is 2.50. The van der Waals surface area contributed by atoms with Crippen molar-refractivity contribution in [3.63, 3.8) is 0 Å². The Hall–Kier alpha value is -18.1. The van der Waals surface area contributed by atoms with E-state index in [4.69, 9.17) is 15.0 Å². The Morgan fingerprint density at radius 1 is 0.165 bits per heavy atom. The van der Waals surface area contributed by atoms with Gasteiger partial charge in [0.25, 0.3) is 0 Å². The van der Waals surface area contributed by atoms with Crippen molar-refractivity contribution in [3.05, 3.63) is 516 Å². The summed E-state index contributed by atoms with van der Waals surface area (Å²) in [6.45, 7) is 0. The summed E-state index contributed by atoms with van der Waals surface area (Å²) < 4.78 is 7.41. The highest BCUT2D eigenvalue weighted by Gasteiger charge is 2.25. The smallest absolute Gasteiger partial charge is 0.0714 e. The third-order valence-electron chi connectivity index (χ3n) is 28.0. The fraction of sp³-hybridized carbons (Fsp3) is 0. The first-order valence-electron chi connectivity index (χ1n) is 47.5. The maximum absolute atomic E-state index is 5.18. The zero-order chi connectivity index (χ0) is 91.8. The van der Waals surface area contributed by atoms with Crippen LogP contribution in [0.3, 0.4) is 0 Å². The summed E-state index contributed by atoms with van der Waals surface area (Å²) in [5.41, 5.74) is 30.3. The molecule has 0 bridgehead atoms. The van der Waals surface area contributed by atoms with Crippen LogP contribution in [-0.4, -0.2) is 24.1 Å². The molecule has 6 heteroatoms. The van der Waals surface area contributed by atoms with Crippen LogP contribution in [0.1, 0.15) is 0 Å². The molecule has 0 amide bonds. The van der Waals surface area contributed by atoms with Crippen molar-refractivity contribution >= 4 is 151 Å². The first kappa shape index (κ1) is 81.7. The van der Waals surface area contributed by atoms with Crippen molar-refractivity contribution in [2.45, 2.75) is 0 Å². The minimum Gasteiger partial charge on any atom is -0.309 e. The minimum absolute atomic E-state index is 0.974. The molecular formula is C133H85N5S. The maximum Gasteiger partial charge on any atom is 0.0714 e. The summed E-state index contributed by atoms with van der Waals surface area (Å²) in [5.74, 6) is 0. The SMILES string of the molecule is c1ccc(-c2c3ccccc3c(-c3ccc(-c4ccc(-c5ccc6sc7ccc8ccccc8c7c6c5)cc4)cn3)c3ccccc23)cc1.c1ccc(-c2c3ccccc3c(-c3ccc(-c4ccc5c6ccccc6n(-c6ccccc6)c5c4)cn3)c3ccccc23)cc1.c1ccc(-c2c3ccccc3c(-c3ccc(-c4cccc5c6ccccc6n(-c6ccccc6)c45)cn3)c3ccccc23)cc1. The third-order valence-corrected chi connectivity index (χ3v) is 29.1. The molecule has 139 heavy (non-hydrogen) atoms. The van der Waals surface area contributed by atoms with Gasteiger partial charge in [0.1, 0.15) is 0 Å². The molecule has 6 aromatic heterocycles. The fourth-order valence-electron chi connectivity index (χ4n) is 21.8. The molecule has 28 aromatic rings. The Labute approximate surface area is 807 Å². The zero-order valence-corrected chi connectivity index (χ0v) is 76.5. The van der Waals surface area contributed by atoms with Crippen molar-refractivity contribution in [2.24, 2.45) is 0 Å². The van der Waals surface area contributed by atoms with E-state index in [0.29, 0.717) is 0 Å². The normalized spacial score (nSPS) is 11.6. The van der Waals surface area contributed by atoms with E-state index >= 15 is 0 Å². The molecular weight excluding hydrogens is 1700 g/mol. The number of pyridine rings is 3. The van der Waals surface area contributed by atoms with Gasteiger partial charge in [-0.05, 0) is 210 Å². The molecule has 22 aromatic carbocycles. The number of rotatable bonds is 12. The Morgan fingerprint density at radius 2 is 0.475 bits per heavy atom. The Balaban J connectivity index is 0.000000108. The number of nitrogens with zero attached hydrogens (tertiary/aromatic N) is 5. The second-order valence-electron chi connectivity index (χ2n) is 35.8. The fourth-order valence-corrected chi connectivity index (χ4v) is 22.9. The second-order valence-corrected chi connectivity index (χ2v) is 36.9. The van der Waals surface area contributed by atoms with Crippen LogP contribution in [0.5, 0.6) is 0 Å². The molecule has 6 heterocycles. The summed E-state index contributed by atoms with van der Waals surface area (Å²) >= 11 is 1.87. The van der Waals surface area contributed by atoms with Crippen LogP contribution >= 0.6 is 11.3 Å². The molecule has 0 aliphatic rings. The van der Waals surface area contributed by atoms with Gasteiger partial charge in [0.15, 0.2) is 0 Å². The van der Waals surface area contributed by atoms with Gasteiger partial charge >= 0.3 is 0 Å². The largest absolute Gasteiger partial charge is 0.309 e. The summed E-state index contributed by atoms with van der Waals surface area (Å²) in [6.07, 6.45) is 6.10. The molecule has 0 N–H and O–H groups in total. The molecule has 0 unspecified atom stereocenters. The number of para-hydroxylation sites is 5. The first-order chi connectivity index (χ1) is 69.0. The lowest BCUT2D eigenvalue weighted by molar-refractivity contribution is 1.18. The number of fused-ring (bicyclic) bond motifs is 17. The van der Waals surface area contributed by atoms with Crippen LogP contribution in [0.25, 0.3) is 262 Å². The molecule has 0 radical (unpaired) electrons. The molecule has 648 valence electrons. The van der Waals surface area contributed by atoms with Gasteiger partial charge in [0, 0.05) is 111 Å². The van der Waals surface area contributed by atoms with Gasteiger partial charge in [-0.1, -0.05) is 419 Å². The lowest BCUT2D eigenvalue weighted by atomic mass is 9.87. The Bertz CT molecular complexity index is 9460. The summed E-state index contributed by atoms with van der Waals surface area (Å²) in [4.78, 5) is 15.4. The average Bonchev–Trinajstić information content (AvgIpc) is 1.13. The molecule has 0 atom stereocenters. The van der Waals surface area contributed by atoms with Crippen LogP contribution in [0.15, 0.2) is 516 Å². The van der Waals surface area contributed by atoms with Gasteiger partial charge in [-0.2, -0.15) is 0 Å². The predicted octanol–water partition coefficient (Wildman–Crippen LogP) is 36.5. The molecule has 0 saturated carbocycles. The van der Waals surface area contributed by atoms with E-state index in [1.165, 1.54) is 206 Å². The zero-order valence-electron chi connectivity index (χ0n) is 75.7. The van der Waals surface area contributed by atoms with Gasteiger partial charge in [-0.3, -0.25) is 15.0 Å². The second kappa shape index (κ2) is 34.8. The molecule has 0 fully saturated rings. The van der Waals surface area contributed by atoms with E-state index in [1.54, 1.807) is 0 Å². The van der Waals surface area contributed by atoms with E-state index in [2.05, 4.69) is 507 Å². The molecule has 0 aliphatic carbocycles. The Kier molecular flexibility index (Phi) is 20.4. The van der Waals surface area contributed by atoms with Crippen molar-refractivity contribution in [3.8, 4) is 123 Å². The average molecular weight is 1790 g/mol. The van der Waals surface area contributed by atoms with Gasteiger partial charge in [0.2, 0.25) is 0 Å². The van der Waals surface area contributed by atoms with Crippen molar-refractivity contribution in [1.29, 1.82) is 0 Å². The van der Waals surface area contributed by atoms with E-state index < -0.39 is 0 Å². The van der Waals surface area contributed by atoms with Crippen molar-refractivity contribution in [2.75, 3.05) is 0 Å². The lowest BCUT2D eigenvalue weighted by Gasteiger charge is -2.17. The van der Waals surface area contributed by atoms with E-state index in [-0.39, 0.29) is 0 Å². The molecule has 28 rings (SSSR count). The van der Waals surface area contributed by atoms with Crippen LogP contribution < -0.4 is 0 Å². The summed E-state index contributed by atoms with van der Waals surface area (Å²) in [6, 6.07) is 179. The van der Waals surface area contributed by atoms with E-state index in [1.807, 2.05) is 29.9 Å². The van der Waals surface area contributed by atoms with E-state index in [0.717, 1.165) is 56.3 Å². The quantitative estimate of drug-likeness (QED) is 0.115. The van der Waals surface area contributed by atoms with Gasteiger partial charge < -0.3 is 9.13 Å². The number of thiophene rings is 1. The van der Waals surface area contributed by atoms with Crippen LogP contribution in [-0.2, 0) is 0 Å². The number of aromatic nitrogens is 5. The Morgan fingerprint density at radius 3 is 0.914 bits per heavy atom. The first-order valence-corrected chi connectivity index (χ1v) is 48.3.